The number of piperazine rings is 1. The molecule has 240 valence electrons. The van der Waals surface area contributed by atoms with Crippen molar-refractivity contribution in [1.29, 1.82) is 0 Å². The Balaban J connectivity index is 1.44. The first kappa shape index (κ1) is 30.6. The summed E-state index contributed by atoms with van der Waals surface area (Å²) in [6.07, 6.45) is -3.80. The van der Waals surface area contributed by atoms with E-state index in [-0.39, 0.29) is 72.9 Å². The van der Waals surface area contributed by atoms with Crippen LogP contribution in [0.5, 0.6) is 6.01 Å². The highest BCUT2D eigenvalue weighted by molar-refractivity contribution is 7.22. The third kappa shape index (κ3) is 5.23. The third-order valence-electron chi connectivity index (χ3n) is 9.24. The molecule has 3 aliphatic rings. The number of benzene rings is 2. The second-order valence-electron chi connectivity index (χ2n) is 12.3. The first-order valence-corrected chi connectivity index (χ1v) is 16.0. The number of alkyl halides is 4. The van der Waals surface area contributed by atoms with Crippen molar-refractivity contribution >= 4 is 55.0 Å². The van der Waals surface area contributed by atoms with Gasteiger partial charge in [-0.25, -0.2) is 13.8 Å². The van der Waals surface area contributed by atoms with Gasteiger partial charge >= 0.3 is 12.2 Å². The number of nitrogens with zero attached hydrogens (tertiary/aromatic N) is 5. The van der Waals surface area contributed by atoms with E-state index < -0.39 is 29.3 Å². The highest BCUT2D eigenvalue weighted by Gasteiger charge is 2.49. The molecule has 5 heterocycles. The van der Waals surface area contributed by atoms with Crippen LogP contribution in [-0.2, 0) is 6.18 Å². The second kappa shape index (κ2) is 11.0. The van der Waals surface area contributed by atoms with Crippen LogP contribution in [0.2, 0.25) is 5.02 Å². The molecule has 8 nitrogen and oxygen atoms in total. The fraction of sp³-hybridized carbons (Fsp3) is 0.500. The molecule has 3 aliphatic heterocycles. The largest absolute Gasteiger partial charge is 0.461 e. The van der Waals surface area contributed by atoms with Crippen molar-refractivity contribution in [2.45, 2.75) is 63.1 Å². The zero-order chi connectivity index (χ0) is 31.8. The molecule has 0 radical (unpaired) electrons. The molecule has 3 N–H and O–H groups in total. The van der Waals surface area contributed by atoms with Crippen LogP contribution >= 0.6 is 22.9 Å². The zero-order valence-electron chi connectivity index (χ0n) is 24.5. The average Bonchev–Trinajstić information content (AvgIpc) is 3.65. The van der Waals surface area contributed by atoms with Crippen molar-refractivity contribution in [2.24, 2.45) is 0 Å². The molecule has 3 fully saturated rings. The number of ether oxygens (including phenoxy) is 1. The maximum Gasteiger partial charge on any atom is 0.417 e. The van der Waals surface area contributed by atoms with Gasteiger partial charge in [-0.05, 0) is 51.4 Å². The number of halogens is 6. The van der Waals surface area contributed by atoms with E-state index in [2.05, 4.69) is 25.2 Å². The van der Waals surface area contributed by atoms with Crippen molar-refractivity contribution in [3.63, 3.8) is 0 Å². The molecular weight excluding hydrogens is 637 g/mol. The van der Waals surface area contributed by atoms with Gasteiger partial charge in [0.05, 0.1) is 31.9 Å². The number of hydrogen-bond donors (Lipinski definition) is 2. The molecule has 15 heteroatoms. The number of hydrogen-bond acceptors (Lipinski definition) is 9. The smallest absolute Gasteiger partial charge is 0.417 e. The predicted octanol–water partition coefficient (Wildman–Crippen LogP) is 6.44. The maximum atomic E-state index is 14.9. The molecule has 45 heavy (non-hydrogen) atoms. The van der Waals surface area contributed by atoms with E-state index >= 15 is 0 Å². The van der Waals surface area contributed by atoms with Crippen molar-refractivity contribution in [3.05, 3.63) is 34.6 Å². The topological polar surface area (TPSA) is 92.4 Å². The number of fused-ring (bicyclic) bond motifs is 3. The molecule has 0 saturated carbocycles. The third-order valence-corrected chi connectivity index (χ3v) is 10.5. The lowest BCUT2D eigenvalue weighted by molar-refractivity contribution is -0.137. The summed E-state index contributed by atoms with van der Waals surface area (Å²) < 4.78 is 80.0. The Labute approximate surface area is 264 Å². The van der Waals surface area contributed by atoms with Crippen LogP contribution in [-0.4, -0.2) is 76.4 Å². The van der Waals surface area contributed by atoms with Crippen LogP contribution in [0.15, 0.2) is 18.2 Å². The Bertz CT molecular complexity index is 1800. The first-order chi connectivity index (χ1) is 21.3. The lowest BCUT2D eigenvalue weighted by Gasteiger charge is -2.39. The Morgan fingerprint density at radius 2 is 1.98 bits per heavy atom. The van der Waals surface area contributed by atoms with E-state index in [4.69, 9.17) is 22.1 Å². The lowest BCUT2D eigenvalue weighted by atomic mass is 9.95. The lowest BCUT2D eigenvalue weighted by Crippen LogP contribution is -2.54. The molecule has 4 aromatic rings. The number of aromatic nitrogens is 3. The molecule has 0 unspecified atom stereocenters. The molecular formula is C30H31ClF5N7OS. The van der Waals surface area contributed by atoms with Crippen LogP contribution in [0, 0.1) is 5.82 Å². The summed E-state index contributed by atoms with van der Waals surface area (Å²) in [6.45, 7) is 6.21. The summed E-state index contributed by atoms with van der Waals surface area (Å²) in [6, 6.07) is 3.14. The van der Waals surface area contributed by atoms with Crippen molar-refractivity contribution < 1.29 is 26.7 Å². The molecule has 4 atom stereocenters. The Hall–Kier alpha value is -3.07. The summed E-state index contributed by atoms with van der Waals surface area (Å²) in [4.78, 5) is 17.4. The van der Waals surface area contributed by atoms with Crippen molar-refractivity contribution in [2.75, 3.05) is 43.4 Å². The van der Waals surface area contributed by atoms with Gasteiger partial charge in [-0.2, -0.15) is 23.1 Å². The molecule has 0 aliphatic carbocycles. The minimum Gasteiger partial charge on any atom is -0.461 e. The van der Waals surface area contributed by atoms with E-state index in [0.717, 1.165) is 42.9 Å². The quantitative estimate of drug-likeness (QED) is 0.235. The first-order valence-electron chi connectivity index (χ1n) is 14.8. The Morgan fingerprint density at radius 3 is 2.76 bits per heavy atom. The molecule has 0 bridgehead atoms. The summed E-state index contributed by atoms with van der Waals surface area (Å²) in [5, 5.41) is 3.19. The maximum absolute atomic E-state index is 14.9. The fourth-order valence-corrected chi connectivity index (χ4v) is 8.23. The molecule has 0 spiro atoms. The summed E-state index contributed by atoms with van der Waals surface area (Å²) >= 11 is 7.77. The monoisotopic (exact) mass is 667 g/mol. The van der Waals surface area contributed by atoms with Gasteiger partial charge in [-0.15, -0.1) is 0 Å². The van der Waals surface area contributed by atoms with Crippen LogP contribution in [0.3, 0.4) is 0 Å². The van der Waals surface area contributed by atoms with Gasteiger partial charge in [0.1, 0.15) is 24.4 Å². The minimum atomic E-state index is -4.85. The number of anilines is 2. The standard InChI is InChI=1S/C30H31ClF5N7OS/c1-14-11-43(15(2)10-38-14)26-18-8-19(30(34,35)36)21(17-4-5-20(33)25-24(17)39-27(37)45-25)22(31)23(18)40-28(41-26)44-13-29-6-3-7-42(29)12-16(32)9-29/h4-5,8,14-16,38H,3,6-7,9-13H2,1-2H3,(H2,37,39)/t14-,15+,16-,29+/m1/s1. The SMILES string of the molecule is C[C@@H]1CN(c2nc(OC[C@@]34CCCN3C[C@H](F)C4)nc3c(Cl)c(-c4ccc(F)c5sc(N)nc45)c(C(F)(F)F)cc23)[C@@H](C)CN1. The van der Waals surface area contributed by atoms with E-state index in [1.54, 1.807) is 0 Å². The zero-order valence-corrected chi connectivity index (χ0v) is 26.1. The Kier molecular flexibility index (Phi) is 7.49. The molecule has 7 rings (SSSR count). The van der Waals surface area contributed by atoms with E-state index in [1.807, 2.05) is 18.7 Å². The highest BCUT2D eigenvalue weighted by atomic mass is 35.5. The fourth-order valence-electron chi connectivity index (χ4n) is 7.12. The summed E-state index contributed by atoms with van der Waals surface area (Å²) in [5.74, 6) is -0.397. The number of thiazole rings is 1. The van der Waals surface area contributed by atoms with Crippen LogP contribution in [0.4, 0.5) is 32.9 Å². The van der Waals surface area contributed by atoms with Gasteiger partial charge in [0, 0.05) is 54.7 Å². The molecule has 0 amide bonds. The normalized spacial score (nSPS) is 25.9. The van der Waals surface area contributed by atoms with Gasteiger partial charge in [0.2, 0.25) is 0 Å². The van der Waals surface area contributed by atoms with Crippen molar-refractivity contribution in [3.8, 4) is 17.1 Å². The van der Waals surface area contributed by atoms with E-state index in [9.17, 15) is 22.0 Å². The van der Waals surface area contributed by atoms with Crippen LogP contribution in [0.1, 0.15) is 38.7 Å². The minimum absolute atomic E-state index is 0.00620. The van der Waals surface area contributed by atoms with Crippen molar-refractivity contribution in [1.82, 2.24) is 25.2 Å². The summed E-state index contributed by atoms with van der Waals surface area (Å²) in [7, 11) is 0. The highest BCUT2D eigenvalue weighted by Crippen LogP contribution is 2.49. The number of nitrogens with two attached hydrogens (primary N) is 1. The van der Waals surface area contributed by atoms with Gasteiger partial charge in [0.25, 0.3) is 0 Å². The number of rotatable bonds is 5. The van der Waals surface area contributed by atoms with Crippen LogP contribution < -0.4 is 20.7 Å². The van der Waals surface area contributed by atoms with E-state index in [1.165, 1.54) is 6.07 Å². The Morgan fingerprint density at radius 1 is 1.18 bits per heavy atom. The van der Waals surface area contributed by atoms with Gasteiger partial charge in [-0.3, -0.25) is 4.90 Å². The van der Waals surface area contributed by atoms with E-state index in [0.29, 0.717) is 26.1 Å². The van der Waals surface area contributed by atoms with Gasteiger partial charge in [0.15, 0.2) is 5.13 Å². The van der Waals surface area contributed by atoms with Gasteiger partial charge in [-0.1, -0.05) is 22.9 Å². The molecule has 2 aromatic heterocycles. The second-order valence-corrected chi connectivity index (χ2v) is 13.7. The predicted molar refractivity (Wildman–Crippen MR) is 165 cm³/mol. The average molecular weight is 668 g/mol. The van der Waals surface area contributed by atoms with Gasteiger partial charge < -0.3 is 20.7 Å². The number of nitrogens with one attached hydrogen (secondary N) is 1. The molecule has 2 aromatic carbocycles. The number of nitrogen functional groups attached to an aromatic ring is 1. The molecule has 3 saturated heterocycles. The summed E-state index contributed by atoms with van der Waals surface area (Å²) in [5.41, 5.74) is 3.94. The van der Waals surface area contributed by atoms with Crippen LogP contribution in [0.25, 0.3) is 32.2 Å².